The number of benzene rings is 4. The van der Waals surface area contributed by atoms with Crippen molar-refractivity contribution in [1.29, 1.82) is 0 Å². The molecule has 0 amide bonds. The quantitative estimate of drug-likeness (QED) is 0.369. The summed E-state index contributed by atoms with van der Waals surface area (Å²) in [5.41, 5.74) is 0. The van der Waals surface area contributed by atoms with Gasteiger partial charge in [-0.3, -0.25) is 0 Å². The van der Waals surface area contributed by atoms with Gasteiger partial charge in [0.2, 0.25) is 0 Å². The summed E-state index contributed by atoms with van der Waals surface area (Å²) in [6, 6.07) is 19.3. The van der Waals surface area contributed by atoms with Crippen LogP contribution in [0.15, 0.2) is 59.5 Å². The Morgan fingerprint density at radius 3 is 1.94 bits per heavy atom. The van der Waals surface area contributed by atoms with Gasteiger partial charge in [-0.15, -0.1) is 0 Å². The highest BCUT2D eigenvalue weighted by atomic mass is 32.1. The minimum Gasteiger partial charge on any atom is -0.0794 e. The first-order valence-corrected chi connectivity index (χ1v) is 6.09. The fraction of sp³-hybridized carbons (Fsp3) is 0. The van der Waals surface area contributed by atoms with Crippen molar-refractivity contribution in [2.45, 2.75) is 4.90 Å². The highest BCUT2D eigenvalue weighted by molar-refractivity contribution is 7.80. The molecule has 0 saturated carbocycles. The molecule has 79 valence electrons. The van der Waals surface area contributed by atoms with Gasteiger partial charge in [-0.2, -0.15) is 0 Å². The molecule has 0 heterocycles. The van der Waals surface area contributed by atoms with E-state index in [0.717, 1.165) is 4.90 Å². The first-order chi connectivity index (χ1) is 8.34. The van der Waals surface area contributed by atoms with Crippen LogP contribution in [0, 0.1) is 0 Å². The predicted molar refractivity (Wildman–Crippen MR) is 76.0 cm³/mol. The lowest BCUT2D eigenvalue weighted by molar-refractivity contribution is 1.59. The standard InChI is InChI=1S/C16H9S/c17-14-9-7-12-5-4-10-2-1-3-11-6-8-13(14)16(12)15(10)11/h1-9H. The molecule has 0 N–H and O–H groups in total. The zero-order valence-electron chi connectivity index (χ0n) is 9.10. The largest absolute Gasteiger partial charge is 0.0794 e. The van der Waals surface area contributed by atoms with Gasteiger partial charge < -0.3 is 0 Å². The second-order valence-corrected chi connectivity index (χ2v) is 4.86. The van der Waals surface area contributed by atoms with Gasteiger partial charge in [0, 0.05) is 10.3 Å². The molecule has 0 aromatic heterocycles. The SMILES string of the molecule is [S]c1ccc2ccc3cccc4ccc1c2c34. The Morgan fingerprint density at radius 1 is 0.588 bits per heavy atom. The van der Waals surface area contributed by atoms with Gasteiger partial charge in [0.15, 0.2) is 0 Å². The normalized spacial score (nSPS) is 11.8. The maximum absolute atomic E-state index is 5.42. The molecular weight excluding hydrogens is 224 g/mol. The topological polar surface area (TPSA) is 0 Å². The van der Waals surface area contributed by atoms with E-state index in [0.29, 0.717) is 0 Å². The Labute approximate surface area is 105 Å². The lowest BCUT2D eigenvalue weighted by atomic mass is 9.94. The summed E-state index contributed by atoms with van der Waals surface area (Å²) >= 11 is 5.42. The summed E-state index contributed by atoms with van der Waals surface area (Å²) in [4.78, 5) is 0.941. The minimum absolute atomic E-state index is 0.941. The van der Waals surface area contributed by atoms with Gasteiger partial charge in [-0.05, 0) is 33.0 Å². The molecule has 0 aliphatic rings. The van der Waals surface area contributed by atoms with E-state index >= 15 is 0 Å². The summed E-state index contributed by atoms with van der Waals surface area (Å²) in [5.74, 6) is 0. The molecule has 1 heteroatoms. The van der Waals surface area contributed by atoms with E-state index in [1.165, 1.54) is 32.3 Å². The van der Waals surface area contributed by atoms with Gasteiger partial charge >= 0.3 is 0 Å². The summed E-state index contributed by atoms with van der Waals surface area (Å²) in [6.07, 6.45) is 0. The number of hydrogen-bond acceptors (Lipinski definition) is 0. The van der Waals surface area contributed by atoms with Crippen molar-refractivity contribution in [3.05, 3.63) is 54.6 Å². The Morgan fingerprint density at radius 2 is 1.18 bits per heavy atom. The van der Waals surface area contributed by atoms with Crippen molar-refractivity contribution in [3.8, 4) is 0 Å². The molecular formula is C16H9S. The Hall–Kier alpha value is -1.86. The second kappa shape index (κ2) is 3.08. The molecule has 0 atom stereocenters. The zero-order valence-corrected chi connectivity index (χ0v) is 9.92. The van der Waals surface area contributed by atoms with Crippen molar-refractivity contribution >= 4 is 44.9 Å². The van der Waals surface area contributed by atoms with Crippen LogP contribution in [0.1, 0.15) is 0 Å². The van der Waals surface area contributed by atoms with Gasteiger partial charge in [-0.25, -0.2) is 0 Å². The number of hydrogen-bond donors (Lipinski definition) is 0. The lowest BCUT2D eigenvalue weighted by Gasteiger charge is -2.11. The maximum atomic E-state index is 5.42. The van der Waals surface area contributed by atoms with Crippen molar-refractivity contribution in [2.24, 2.45) is 0 Å². The smallest absolute Gasteiger partial charge is 0.0456 e. The molecule has 0 unspecified atom stereocenters. The molecule has 17 heavy (non-hydrogen) atoms. The summed E-state index contributed by atoms with van der Waals surface area (Å²) in [6.45, 7) is 0. The molecule has 4 aromatic carbocycles. The summed E-state index contributed by atoms with van der Waals surface area (Å²) < 4.78 is 0. The molecule has 0 nitrogen and oxygen atoms in total. The van der Waals surface area contributed by atoms with E-state index in [1.807, 2.05) is 6.07 Å². The highest BCUT2D eigenvalue weighted by Crippen LogP contribution is 2.36. The van der Waals surface area contributed by atoms with E-state index in [1.54, 1.807) is 0 Å². The molecule has 0 aliphatic carbocycles. The van der Waals surface area contributed by atoms with Crippen LogP contribution in [0.2, 0.25) is 0 Å². The van der Waals surface area contributed by atoms with Gasteiger partial charge in [-0.1, -0.05) is 61.2 Å². The van der Waals surface area contributed by atoms with Crippen LogP contribution in [0.4, 0.5) is 0 Å². The third-order valence-electron chi connectivity index (χ3n) is 3.49. The second-order valence-electron chi connectivity index (χ2n) is 4.42. The average molecular weight is 233 g/mol. The molecule has 0 aliphatic heterocycles. The van der Waals surface area contributed by atoms with Gasteiger partial charge in [0.1, 0.15) is 0 Å². The lowest BCUT2D eigenvalue weighted by Crippen LogP contribution is -1.83. The van der Waals surface area contributed by atoms with Crippen molar-refractivity contribution < 1.29 is 0 Å². The summed E-state index contributed by atoms with van der Waals surface area (Å²) in [7, 11) is 0. The van der Waals surface area contributed by atoms with Crippen molar-refractivity contribution in [2.75, 3.05) is 0 Å². The van der Waals surface area contributed by atoms with Crippen LogP contribution >= 0.6 is 12.6 Å². The Kier molecular flexibility index (Phi) is 1.67. The Bertz CT molecular complexity index is 830. The predicted octanol–water partition coefficient (Wildman–Crippen LogP) is 5.14. The van der Waals surface area contributed by atoms with Crippen LogP contribution in [-0.4, -0.2) is 0 Å². The van der Waals surface area contributed by atoms with E-state index in [2.05, 4.69) is 48.5 Å². The fourth-order valence-corrected chi connectivity index (χ4v) is 2.95. The molecule has 0 spiro atoms. The van der Waals surface area contributed by atoms with Crippen LogP contribution in [0.25, 0.3) is 32.3 Å². The van der Waals surface area contributed by atoms with E-state index in [4.69, 9.17) is 12.6 Å². The molecule has 0 fully saturated rings. The molecule has 0 saturated heterocycles. The third-order valence-corrected chi connectivity index (χ3v) is 3.84. The third kappa shape index (κ3) is 1.12. The first kappa shape index (κ1) is 9.20. The molecule has 4 rings (SSSR count). The maximum Gasteiger partial charge on any atom is 0.0456 e. The fourth-order valence-electron chi connectivity index (χ4n) is 2.71. The van der Waals surface area contributed by atoms with E-state index < -0.39 is 0 Å². The van der Waals surface area contributed by atoms with Crippen LogP contribution in [0.5, 0.6) is 0 Å². The zero-order chi connectivity index (χ0) is 11.4. The molecule has 0 bridgehead atoms. The van der Waals surface area contributed by atoms with Crippen LogP contribution in [-0.2, 0) is 0 Å². The average Bonchev–Trinajstić information content (AvgIpc) is 2.38. The molecule has 4 aromatic rings. The van der Waals surface area contributed by atoms with Crippen molar-refractivity contribution in [3.63, 3.8) is 0 Å². The van der Waals surface area contributed by atoms with Crippen molar-refractivity contribution in [1.82, 2.24) is 0 Å². The molecule has 1 radical (unpaired) electrons. The first-order valence-electron chi connectivity index (χ1n) is 5.68. The van der Waals surface area contributed by atoms with Gasteiger partial charge in [0.25, 0.3) is 0 Å². The Balaban J connectivity index is 2.48. The monoisotopic (exact) mass is 233 g/mol. The highest BCUT2D eigenvalue weighted by Gasteiger charge is 2.08. The number of rotatable bonds is 0. The van der Waals surface area contributed by atoms with Crippen LogP contribution in [0.3, 0.4) is 0 Å². The minimum atomic E-state index is 0.941. The van der Waals surface area contributed by atoms with Gasteiger partial charge in [0.05, 0.1) is 0 Å². The van der Waals surface area contributed by atoms with E-state index in [9.17, 15) is 0 Å². The van der Waals surface area contributed by atoms with E-state index in [-0.39, 0.29) is 0 Å². The summed E-state index contributed by atoms with van der Waals surface area (Å²) in [5, 5.41) is 7.71. The van der Waals surface area contributed by atoms with Crippen LogP contribution < -0.4 is 0 Å².